The van der Waals surface area contributed by atoms with E-state index in [1.807, 2.05) is 11.0 Å². The highest BCUT2D eigenvalue weighted by atomic mass is 19.1. The Bertz CT molecular complexity index is 1430. The van der Waals surface area contributed by atoms with Gasteiger partial charge in [-0.25, -0.2) is 14.4 Å². The molecule has 3 N–H and O–H groups in total. The van der Waals surface area contributed by atoms with Gasteiger partial charge in [-0.3, -0.25) is 14.7 Å². The number of β-amino-alcohol motifs (C(OH)–C–C–N with tert-alkyl or cyclic N) is 1. The second-order valence-corrected chi connectivity index (χ2v) is 9.35. The minimum atomic E-state index is -0.789. The van der Waals surface area contributed by atoms with Gasteiger partial charge >= 0.3 is 0 Å². The molecule has 4 aromatic rings. The lowest BCUT2D eigenvalue weighted by molar-refractivity contribution is 0.0841. The molecule has 4 heterocycles. The number of fused-ring (bicyclic) bond motifs is 1. The van der Waals surface area contributed by atoms with Crippen LogP contribution >= 0.6 is 0 Å². The van der Waals surface area contributed by atoms with Gasteiger partial charge in [-0.05, 0) is 60.9 Å². The Kier molecular flexibility index (Phi) is 8.09. The number of nitrogens with one attached hydrogen (secondary N) is 2. The van der Waals surface area contributed by atoms with Gasteiger partial charge in [-0.1, -0.05) is 0 Å². The van der Waals surface area contributed by atoms with Crippen LogP contribution in [0.5, 0.6) is 5.75 Å². The lowest BCUT2D eigenvalue weighted by atomic mass is 9.99. The molecular formula is C28H29FN6O4. The van der Waals surface area contributed by atoms with Crippen molar-refractivity contribution in [2.24, 2.45) is 0 Å². The van der Waals surface area contributed by atoms with E-state index in [2.05, 4.69) is 25.6 Å². The van der Waals surface area contributed by atoms with E-state index in [0.29, 0.717) is 48.9 Å². The lowest BCUT2D eigenvalue weighted by Crippen LogP contribution is -2.42. The highest BCUT2D eigenvalue weighted by molar-refractivity contribution is 5.94. The third kappa shape index (κ3) is 6.75. The van der Waals surface area contributed by atoms with Crippen LogP contribution in [-0.4, -0.2) is 56.6 Å². The van der Waals surface area contributed by atoms with Crippen molar-refractivity contribution in [3.8, 4) is 5.75 Å². The summed E-state index contributed by atoms with van der Waals surface area (Å²) in [6.07, 6.45) is 6.11. The molecule has 1 aliphatic heterocycles. The lowest BCUT2D eigenvalue weighted by Gasteiger charge is -2.30. The molecule has 5 rings (SSSR count). The molecule has 1 amide bonds. The fourth-order valence-electron chi connectivity index (χ4n) is 4.39. The molecule has 0 fully saturated rings. The SMILES string of the molecule is Cc1ncoc1COc1cc2c(cc1F)CN(CC(O)CNC(=O)c1ccnc(Nc3cccnc3)c1)CC2. The third-order valence-corrected chi connectivity index (χ3v) is 6.47. The monoisotopic (exact) mass is 532 g/mol. The Labute approximate surface area is 224 Å². The zero-order valence-corrected chi connectivity index (χ0v) is 21.4. The molecule has 0 radical (unpaired) electrons. The zero-order chi connectivity index (χ0) is 27.2. The number of pyridine rings is 2. The highest BCUT2D eigenvalue weighted by Gasteiger charge is 2.22. The zero-order valence-electron chi connectivity index (χ0n) is 21.4. The van der Waals surface area contributed by atoms with Gasteiger partial charge in [-0.15, -0.1) is 0 Å². The average molecular weight is 533 g/mol. The van der Waals surface area contributed by atoms with E-state index in [9.17, 15) is 14.3 Å². The van der Waals surface area contributed by atoms with E-state index < -0.39 is 11.9 Å². The summed E-state index contributed by atoms with van der Waals surface area (Å²) in [5.41, 5.74) is 3.74. The second-order valence-electron chi connectivity index (χ2n) is 9.35. The molecular weight excluding hydrogens is 503 g/mol. The van der Waals surface area contributed by atoms with E-state index in [1.165, 1.54) is 12.5 Å². The van der Waals surface area contributed by atoms with Gasteiger partial charge in [0.25, 0.3) is 5.91 Å². The van der Waals surface area contributed by atoms with Crippen LogP contribution in [-0.2, 0) is 19.6 Å². The van der Waals surface area contributed by atoms with Crippen LogP contribution in [0.3, 0.4) is 0 Å². The summed E-state index contributed by atoms with van der Waals surface area (Å²) in [5.74, 6) is 0.484. The standard InChI is InChI=1S/C28H29FN6O4/c1-18-26(39-17-33-18)16-38-25-10-19-5-8-35(14-21(19)9-24(25)29)15-23(36)13-32-28(37)20-4-7-31-27(11-20)34-22-3-2-6-30-12-22/h2-4,6-7,9-12,17,23,36H,5,8,13-16H2,1H3,(H,31,34)(H,32,37). The Morgan fingerprint density at radius 2 is 2.13 bits per heavy atom. The molecule has 1 aliphatic rings. The van der Waals surface area contributed by atoms with Crippen molar-refractivity contribution in [2.75, 3.05) is 25.0 Å². The first-order valence-electron chi connectivity index (χ1n) is 12.6. The predicted octanol–water partition coefficient (Wildman–Crippen LogP) is 3.38. The van der Waals surface area contributed by atoms with Crippen molar-refractivity contribution in [3.05, 3.63) is 95.3 Å². The molecule has 1 atom stereocenters. The van der Waals surface area contributed by atoms with Crippen molar-refractivity contribution in [1.82, 2.24) is 25.2 Å². The van der Waals surface area contributed by atoms with Crippen LogP contribution in [0.2, 0.25) is 0 Å². The number of ether oxygens (including phenoxy) is 1. The third-order valence-electron chi connectivity index (χ3n) is 6.47. The minimum absolute atomic E-state index is 0.0814. The Morgan fingerprint density at radius 1 is 1.23 bits per heavy atom. The van der Waals surface area contributed by atoms with Gasteiger partial charge in [0.05, 0.1) is 23.7 Å². The van der Waals surface area contributed by atoms with Crippen molar-refractivity contribution in [1.29, 1.82) is 0 Å². The van der Waals surface area contributed by atoms with E-state index in [1.54, 1.807) is 49.8 Å². The molecule has 0 saturated heterocycles. The summed E-state index contributed by atoms with van der Waals surface area (Å²) in [6, 6.07) is 10.1. The number of aliphatic hydroxyl groups is 1. The number of halogens is 1. The normalized spacial score (nSPS) is 13.9. The minimum Gasteiger partial charge on any atom is -0.482 e. The number of anilines is 2. The quantitative estimate of drug-likeness (QED) is 0.282. The Hall–Kier alpha value is -4.35. The van der Waals surface area contributed by atoms with E-state index >= 15 is 0 Å². The average Bonchev–Trinajstić information content (AvgIpc) is 3.35. The number of oxazole rings is 1. The van der Waals surface area contributed by atoms with Gasteiger partial charge in [0, 0.05) is 44.1 Å². The molecule has 0 spiro atoms. The summed E-state index contributed by atoms with van der Waals surface area (Å²) in [5, 5.41) is 16.5. The van der Waals surface area contributed by atoms with Gasteiger partial charge < -0.3 is 24.9 Å². The van der Waals surface area contributed by atoms with Crippen molar-refractivity contribution >= 4 is 17.4 Å². The summed E-state index contributed by atoms with van der Waals surface area (Å²) < 4.78 is 25.6. The predicted molar refractivity (Wildman–Crippen MR) is 141 cm³/mol. The molecule has 10 nitrogen and oxygen atoms in total. The number of rotatable bonds is 10. The topological polar surface area (TPSA) is 126 Å². The summed E-state index contributed by atoms with van der Waals surface area (Å²) in [6.45, 7) is 3.52. The van der Waals surface area contributed by atoms with Gasteiger partial charge in [0.2, 0.25) is 0 Å². The number of carbonyl (C=O) groups is 1. The van der Waals surface area contributed by atoms with E-state index in [4.69, 9.17) is 9.15 Å². The van der Waals surface area contributed by atoms with Crippen LogP contribution in [0.1, 0.15) is 32.9 Å². The number of amides is 1. The van der Waals surface area contributed by atoms with Gasteiger partial charge in [0.15, 0.2) is 23.7 Å². The molecule has 0 bridgehead atoms. The molecule has 3 aromatic heterocycles. The van der Waals surface area contributed by atoms with Crippen molar-refractivity contribution < 1.29 is 23.4 Å². The number of hydrogen-bond acceptors (Lipinski definition) is 9. The van der Waals surface area contributed by atoms with Crippen LogP contribution < -0.4 is 15.4 Å². The van der Waals surface area contributed by atoms with E-state index in [0.717, 1.165) is 16.8 Å². The maximum atomic E-state index is 14.7. The molecule has 39 heavy (non-hydrogen) atoms. The van der Waals surface area contributed by atoms with E-state index in [-0.39, 0.29) is 24.8 Å². The summed E-state index contributed by atoms with van der Waals surface area (Å²) in [7, 11) is 0. The first-order chi connectivity index (χ1) is 18.9. The molecule has 1 aromatic carbocycles. The smallest absolute Gasteiger partial charge is 0.251 e. The molecule has 202 valence electrons. The van der Waals surface area contributed by atoms with Crippen LogP contribution in [0, 0.1) is 12.7 Å². The second kappa shape index (κ2) is 12.0. The fourth-order valence-corrected chi connectivity index (χ4v) is 4.39. The number of aromatic nitrogens is 3. The van der Waals surface area contributed by atoms with Crippen LogP contribution in [0.25, 0.3) is 0 Å². The van der Waals surface area contributed by atoms with Gasteiger partial charge in [0.1, 0.15) is 12.4 Å². The number of hydrogen-bond donors (Lipinski definition) is 3. The first kappa shape index (κ1) is 26.3. The van der Waals surface area contributed by atoms with Crippen molar-refractivity contribution in [2.45, 2.75) is 32.6 Å². The molecule has 0 aliphatic carbocycles. The first-order valence-corrected chi connectivity index (χ1v) is 12.6. The van der Waals surface area contributed by atoms with Crippen LogP contribution in [0.4, 0.5) is 15.9 Å². The van der Waals surface area contributed by atoms with Gasteiger partial charge in [-0.2, -0.15) is 0 Å². The molecule has 11 heteroatoms. The Balaban J connectivity index is 1.11. The fraction of sp³-hybridized carbons (Fsp3) is 0.286. The maximum Gasteiger partial charge on any atom is 0.251 e. The highest BCUT2D eigenvalue weighted by Crippen LogP contribution is 2.28. The largest absolute Gasteiger partial charge is 0.482 e. The summed E-state index contributed by atoms with van der Waals surface area (Å²) in [4.78, 5) is 27.0. The molecule has 1 unspecified atom stereocenters. The Morgan fingerprint density at radius 3 is 2.92 bits per heavy atom. The number of carbonyl (C=O) groups excluding carboxylic acids is 1. The molecule has 0 saturated carbocycles. The maximum absolute atomic E-state index is 14.7. The number of aliphatic hydroxyl groups excluding tert-OH is 1. The number of nitrogens with zero attached hydrogens (tertiary/aromatic N) is 4. The number of benzene rings is 1. The van der Waals surface area contributed by atoms with Crippen molar-refractivity contribution in [3.63, 3.8) is 0 Å². The van der Waals surface area contributed by atoms with Crippen LogP contribution in [0.15, 0.2) is 65.8 Å². The summed E-state index contributed by atoms with van der Waals surface area (Å²) >= 11 is 0. The number of aryl methyl sites for hydroxylation is 1.